The second kappa shape index (κ2) is 15.3. The van der Waals surface area contributed by atoms with Crippen molar-refractivity contribution in [3.8, 4) is 39.4 Å². The van der Waals surface area contributed by atoms with E-state index >= 15 is 0 Å². The lowest BCUT2D eigenvalue weighted by Gasteiger charge is -2.17. The highest BCUT2D eigenvalue weighted by molar-refractivity contribution is 5.98. The molecule has 7 rings (SSSR count). The van der Waals surface area contributed by atoms with E-state index in [-0.39, 0.29) is 0 Å². The van der Waals surface area contributed by atoms with Gasteiger partial charge in [-0.1, -0.05) is 146 Å². The summed E-state index contributed by atoms with van der Waals surface area (Å²) in [5.41, 5.74) is 13.3. The minimum atomic E-state index is 0.528. The summed E-state index contributed by atoms with van der Waals surface area (Å²) >= 11 is 0. The van der Waals surface area contributed by atoms with Gasteiger partial charge in [-0.05, 0) is 81.8 Å². The third-order valence-electron chi connectivity index (χ3n) is 8.98. The van der Waals surface area contributed by atoms with Crippen LogP contribution in [0.4, 0.5) is 0 Å². The number of pyridine rings is 1. The third-order valence-corrected chi connectivity index (χ3v) is 8.98. The van der Waals surface area contributed by atoms with Crippen molar-refractivity contribution >= 4 is 11.1 Å². The fourth-order valence-corrected chi connectivity index (χ4v) is 6.61. The lowest BCUT2D eigenvalue weighted by atomic mass is 9.88. The number of ether oxygens (including phenoxy) is 1. The van der Waals surface area contributed by atoms with Gasteiger partial charge in [-0.15, -0.1) is 0 Å². The van der Waals surface area contributed by atoms with E-state index in [4.69, 9.17) is 4.74 Å². The Morgan fingerprint density at radius 2 is 0.878 bits per heavy atom. The average molecular weight is 635 g/mol. The first-order chi connectivity index (χ1) is 24.3. The molecule has 6 aromatic carbocycles. The van der Waals surface area contributed by atoms with E-state index in [9.17, 15) is 0 Å². The molecule has 1 aromatic heterocycles. The van der Waals surface area contributed by atoms with E-state index in [1.165, 1.54) is 50.1 Å². The highest BCUT2D eigenvalue weighted by Gasteiger charge is 2.23. The molecule has 0 aliphatic carbocycles. The van der Waals surface area contributed by atoms with Crippen LogP contribution in [0.2, 0.25) is 0 Å². The number of hydrogen-bond donors (Lipinski definition) is 0. The lowest BCUT2D eigenvalue weighted by Crippen LogP contribution is -2.41. The van der Waals surface area contributed by atoms with Crippen molar-refractivity contribution in [2.45, 2.75) is 19.9 Å². The Labute approximate surface area is 290 Å². The minimum absolute atomic E-state index is 0.528. The Balaban J connectivity index is 1.21. The largest absolute Gasteiger partial charge is 0.487 e. The summed E-state index contributed by atoms with van der Waals surface area (Å²) in [5.74, 6) is 0.859. The Kier molecular flexibility index (Phi) is 9.85. The highest BCUT2D eigenvalue weighted by atomic mass is 16.5. The predicted molar refractivity (Wildman–Crippen MR) is 204 cm³/mol. The first-order valence-corrected chi connectivity index (χ1v) is 17.1. The molecule has 0 fully saturated rings. The van der Waals surface area contributed by atoms with Crippen molar-refractivity contribution in [1.29, 1.82) is 0 Å². The predicted octanol–water partition coefficient (Wildman–Crippen LogP) is 11.4. The maximum absolute atomic E-state index is 6.48. The molecule has 0 saturated carbocycles. The van der Waals surface area contributed by atoms with Crippen molar-refractivity contribution in [3.05, 3.63) is 205 Å². The fraction of sp³-hybridized carbons (Fsp3) is 0.0851. The molecule has 0 spiro atoms. The van der Waals surface area contributed by atoms with Crippen LogP contribution in [0.3, 0.4) is 0 Å². The van der Waals surface area contributed by atoms with E-state index in [0.717, 1.165) is 23.6 Å². The number of nitrogens with zero attached hydrogens (tertiary/aromatic N) is 1. The fourth-order valence-electron chi connectivity index (χ4n) is 6.61. The Morgan fingerprint density at radius 3 is 1.37 bits per heavy atom. The molecule has 0 unspecified atom stereocenters. The second-order valence-electron chi connectivity index (χ2n) is 12.1. The molecule has 0 atom stereocenters. The van der Waals surface area contributed by atoms with Crippen LogP contribution in [0.15, 0.2) is 188 Å². The molecule has 0 aliphatic rings. The zero-order valence-corrected chi connectivity index (χ0v) is 27.9. The van der Waals surface area contributed by atoms with Crippen molar-refractivity contribution in [2.24, 2.45) is 0 Å². The van der Waals surface area contributed by atoms with E-state index in [1.807, 2.05) is 0 Å². The topological polar surface area (TPSA) is 13.1 Å². The van der Waals surface area contributed by atoms with Gasteiger partial charge in [-0.25, -0.2) is 0 Å². The van der Waals surface area contributed by atoms with Gasteiger partial charge in [0, 0.05) is 23.3 Å². The van der Waals surface area contributed by atoms with Crippen molar-refractivity contribution in [1.82, 2.24) is 0 Å². The van der Waals surface area contributed by atoms with Gasteiger partial charge in [0.1, 0.15) is 12.4 Å². The van der Waals surface area contributed by atoms with E-state index in [0.29, 0.717) is 13.2 Å². The van der Waals surface area contributed by atoms with Gasteiger partial charge >= 0.3 is 0 Å². The van der Waals surface area contributed by atoms with E-state index in [1.54, 1.807) is 0 Å². The molecule has 49 heavy (non-hydrogen) atoms. The third kappa shape index (κ3) is 7.30. The lowest BCUT2D eigenvalue weighted by molar-refractivity contribution is -0.676. The smallest absolute Gasteiger partial charge is 0.213 e. The number of benzene rings is 6. The summed E-state index contributed by atoms with van der Waals surface area (Å²) in [6.45, 7) is 3.45. The molecular formula is C47H40NO+. The Hall–Kier alpha value is -5.99. The van der Waals surface area contributed by atoms with E-state index < -0.39 is 0 Å². The van der Waals surface area contributed by atoms with Crippen LogP contribution < -0.4 is 9.30 Å². The summed E-state index contributed by atoms with van der Waals surface area (Å²) < 4.78 is 8.88. The molecule has 2 heteroatoms. The van der Waals surface area contributed by atoms with Crippen molar-refractivity contribution in [2.75, 3.05) is 6.61 Å². The van der Waals surface area contributed by atoms with Crippen molar-refractivity contribution in [3.63, 3.8) is 0 Å². The number of hydrogen-bond acceptors (Lipinski definition) is 1. The van der Waals surface area contributed by atoms with Gasteiger partial charge in [0.05, 0.1) is 0 Å². The molecule has 0 N–H and O–H groups in total. The van der Waals surface area contributed by atoms with Crippen LogP contribution >= 0.6 is 0 Å². The van der Waals surface area contributed by atoms with Gasteiger partial charge in [-0.3, -0.25) is 0 Å². The second-order valence-corrected chi connectivity index (χ2v) is 12.1. The number of rotatable bonds is 11. The van der Waals surface area contributed by atoms with Gasteiger partial charge in [0.2, 0.25) is 11.4 Å². The normalized spacial score (nSPS) is 11.5. The molecule has 0 amide bonds. The summed E-state index contributed by atoms with van der Waals surface area (Å²) in [5, 5.41) is 0. The van der Waals surface area contributed by atoms with Gasteiger partial charge in [0.15, 0.2) is 6.54 Å². The van der Waals surface area contributed by atoms with Crippen LogP contribution in [0.25, 0.3) is 44.8 Å². The van der Waals surface area contributed by atoms with Crippen LogP contribution in [0, 0.1) is 0 Å². The summed E-state index contributed by atoms with van der Waals surface area (Å²) in [6.07, 6.45) is 0.931. The average Bonchev–Trinajstić information content (AvgIpc) is 3.19. The Morgan fingerprint density at radius 1 is 0.449 bits per heavy atom. The number of aromatic nitrogens is 1. The maximum atomic E-state index is 6.48. The van der Waals surface area contributed by atoms with Crippen LogP contribution in [0.1, 0.15) is 30.0 Å². The van der Waals surface area contributed by atoms with Crippen LogP contribution in [-0.2, 0) is 6.54 Å². The molecular weight excluding hydrogens is 595 g/mol. The van der Waals surface area contributed by atoms with E-state index in [2.05, 4.69) is 200 Å². The highest BCUT2D eigenvalue weighted by Crippen LogP contribution is 2.35. The first kappa shape index (κ1) is 31.6. The molecule has 2 nitrogen and oxygen atoms in total. The first-order valence-electron chi connectivity index (χ1n) is 17.1. The van der Waals surface area contributed by atoms with Gasteiger partial charge in [-0.2, -0.15) is 4.57 Å². The summed E-state index contributed by atoms with van der Waals surface area (Å²) in [4.78, 5) is 0. The monoisotopic (exact) mass is 634 g/mol. The molecule has 1 heterocycles. The van der Waals surface area contributed by atoms with Crippen molar-refractivity contribution < 1.29 is 9.30 Å². The minimum Gasteiger partial charge on any atom is -0.487 e. The molecule has 0 aliphatic heterocycles. The molecule has 7 aromatic rings. The number of allylic oxidation sites excluding steroid dienone is 1. The zero-order valence-electron chi connectivity index (χ0n) is 27.9. The maximum Gasteiger partial charge on any atom is 0.213 e. The molecule has 0 radical (unpaired) electrons. The van der Waals surface area contributed by atoms with Crippen LogP contribution in [-0.4, -0.2) is 6.61 Å². The quantitative estimate of drug-likeness (QED) is 0.102. The van der Waals surface area contributed by atoms with Crippen LogP contribution in [0.5, 0.6) is 5.75 Å². The molecule has 0 bridgehead atoms. The molecule has 238 valence electrons. The summed E-state index contributed by atoms with van der Waals surface area (Å²) in [6, 6.07) is 66.6. The Bertz CT molecular complexity index is 2060. The van der Waals surface area contributed by atoms with Gasteiger partial charge < -0.3 is 4.74 Å². The zero-order chi connectivity index (χ0) is 33.3. The SMILES string of the molecule is CC/C(=C(/c1ccccc1)c1ccc(OCC[n+]2c(-c3ccccc3)cc(-c3ccccc3)cc2-c2ccccc2)cc1)c1ccccc1. The van der Waals surface area contributed by atoms with Gasteiger partial charge in [0.25, 0.3) is 0 Å². The summed E-state index contributed by atoms with van der Waals surface area (Å²) in [7, 11) is 0. The molecule has 0 saturated heterocycles. The standard InChI is InChI=1S/C47H40NO/c1-2-44(37-20-10-4-11-21-37)47(40-26-16-7-17-27-40)41-28-30-43(31-29-41)49-33-32-48-45(38-22-12-5-13-23-38)34-42(36-18-8-3-9-19-36)35-46(48)39-24-14-6-15-25-39/h3-31,34-35H,2,32-33H2,1H3/q+1/b47-44+.